The molecule has 2 aliphatic rings. The number of nitrogens with zero attached hydrogens (tertiary/aromatic N) is 1. The molecule has 4 nitrogen and oxygen atoms in total. The second kappa shape index (κ2) is 11.8. The van der Waals surface area contributed by atoms with Gasteiger partial charge in [0.15, 0.2) is 0 Å². The van der Waals surface area contributed by atoms with Crippen LogP contribution in [-0.2, 0) is 4.74 Å². The average Bonchev–Trinajstić information content (AvgIpc) is 2.67. The summed E-state index contributed by atoms with van der Waals surface area (Å²) in [4.78, 5) is 3.45. The van der Waals surface area contributed by atoms with Gasteiger partial charge in [-0.1, -0.05) is 12.2 Å². The van der Waals surface area contributed by atoms with E-state index in [-0.39, 0.29) is 0 Å². The first kappa shape index (κ1) is 20.4. The maximum atomic E-state index is 5.28. The molecule has 130 valence electrons. The summed E-state index contributed by atoms with van der Waals surface area (Å²) in [6.45, 7) is 4.77. The second-order valence-electron chi connectivity index (χ2n) is 5.00. The fraction of sp³-hybridized carbons (Fsp3) is 0.529. The van der Waals surface area contributed by atoms with E-state index in [1.807, 2.05) is 6.92 Å². The molecule has 6 heteroatoms. The fourth-order valence-electron chi connectivity index (χ4n) is 1.69. The molecule has 0 spiro atoms. The monoisotopic (exact) mass is 402 g/mol. The molecule has 0 fully saturated rings. The lowest BCUT2D eigenvalue weighted by Crippen LogP contribution is -2.23. The van der Waals surface area contributed by atoms with Crippen molar-refractivity contribution in [3.63, 3.8) is 0 Å². The summed E-state index contributed by atoms with van der Waals surface area (Å²) in [5.41, 5.74) is 1.23. The third-order valence-electron chi connectivity index (χ3n) is 3.33. The van der Waals surface area contributed by atoms with Gasteiger partial charge in [-0.15, -0.1) is 0 Å². The Morgan fingerprint density at radius 2 is 1.87 bits per heavy atom. The third kappa shape index (κ3) is 7.16. The first-order valence-corrected chi connectivity index (χ1v) is 9.37. The average molecular weight is 403 g/mol. The molecule has 0 saturated heterocycles. The smallest absolute Gasteiger partial charge is 0.134 e. The Morgan fingerprint density at radius 1 is 1.26 bits per heavy atom. The first-order chi connectivity index (χ1) is 11.1. The number of benzene rings is 1. The molecule has 0 saturated carbocycles. The number of hydrogen-bond acceptors (Lipinski definition) is 5. The summed E-state index contributed by atoms with van der Waals surface area (Å²) < 4.78 is 14.1. The number of hydrogen-bond donors (Lipinski definition) is 1. The van der Waals surface area contributed by atoms with E-state index in [0.29, 0.717) is 0 Å². The van der Waals surface area contributed by atoms with Crippen LogP contribution in [0.2, 0.25) is 0 Å². The maximum Gasteiger partial charge on any atom is 0.134 e. The highest BCUT2D eigenvalue weighted by Gasteiger charge is 2.15. The predicted molar refractivity (Wildman–Crippen MR) is 104 cm³/mol. The zero-order valence-electron chi connectivity index (χ0n) is 14.4. The van der Waals surface area contributed by atoms with Crippen LogP contribution in [0.5, 0.6) is 5.75 Å². The summed E-state index contributed by atoms with van der Waals surface area (Å²) in [6.07, 6.45) is 7.00. The molecule has 1 heterocycles. The zero-order chi connectivity index (χ0) is 17.1. The molecular formula is C17H27BrN2O2S. The van der Waals surface area contributed by atoms with E-state index in [1.54, 1.807) is 26.2 Å². The van der Waals surface area contributed by atoms with Crippen molar-refractivity contribution in [2.24, 2.45) is 0 Å². The van der Waals surface area contributed by atoms with E-state index in [2.05, 4.69) is 61.6 Å². The van der Waals surface area contributed by atoms with Gasteiger partial charge in [-0.2, -0.15) is 0 Å². The minimum atomic E-state index is 0.819. The van der Waals surface area contributed by atoms with Crippen molar-refractivity contribution in [3.05, 3.63) is 28.8 Å². The van der Waals surface area contributed by atoms with Crippen LogP contribution in [-0.4, -0.2) is 41.0 Å². The summed E-state index contributed by atoms with van der Waals surface area (Å²) >= 11 is 5.17. The Bertz CT molecular complexity index is 490. The highest BCUT2D eigenvalue weighted by atomic mass is 79.9. The number of rotatable bonds is 2. The van der Waals surface area contributed by atoms with Gasteiger partial charge in [-0.25, -0.2) is 0 Å². The number of ether oxygens (including phenoxy) is 2. The summed E-state index contributed by atoms with van der Waals surface area (Å²) in [5, 5.41) is 0. The zero-order valence-corrected chi connectivity index (χ0v) is 16.8. The van der Waals surface area contributed by atoms with Gasteiger partial charge in [0.2, 0.25) is 0 Å². The molecule has 1 aliphatic carbocycles. The number of likely N-dealkylation sites (N-methyl/N-ethyl adjacent to an activating group) is 1. The molecule has 0 bridgehead atoms. The number of allylic oxidation sites excluding steroid dienone is 2. The third-order valence-corrected chi connectivity index (χ3v) is 4.85. The molecule has 1 aromatic carbocycles. The molecule has 1 N–H and O–H groups in total. The van der Waals surface area contributed by atoms with E-state index >= 15 is 0 Å². The lowest BCUT2D eigenvalue weighted by molar-refractivity contribution is 0.215. The lowest BCUT2D eigenvalue weighted by atomic mass is 10.1. The van der Waals surface area contributed by atoms with Gasteiger partial charge in [0.05, 0.1) is 17.3 Å². The molecule has 3 rings (SSSR count). The number of anilines is 1. The van der Waals surface area contributed by atoms with Crippen LogP contribution in [0.3, 0.4) is 0 Å². The maximum absolute atomic E-state index is 5.28. The Morgan fingerprint density at radius 3 is 2.35 bits per heavy atom. The van der Waals surface area contributed by atoms with Gasteiger partial charge in [0.25, 0.3) is 0 Å². The number of methoxy groups -OCH3 is 2. The van der Waals surface area contributed by atoms with Crippen molar-refractivity contribution in [1.29, 1.82) is 0 Å². The van der Waals surface area contributed by atoms with E-state index in [1.165, 1.54) is 23.4 Å². The predicted octanol–water partition coefficient (Wildman–Crippen LogP) is 4.49. The Hall–Kier alpha value is -0.690. The molecule has 0 unspecified atom stereocenters. The lowest BCUT2D eigenvalue weighted by Gasteiger charge is -2.19. The van der Waals surface area contributed by atoms with Crippen LogP contribution in [0.15, 0.2) is 33.7 Å². The van der Waals surface area contributed by atoms with Crippen molar-refractivity contribution in [2.75, 3.05) is 45.9 Å². The Labute approximate surface area is 152 Å². The summed E-state index contributed by atoms with van der Waals surface area (Å²) in [5.74, 6) is 0.873. The van der Waals surface area contributed by atoms with Gasteiger partial charge in [0.1, 0.15) is 5.75 Å². The minimum Gasteiger partial charge on any atom is -0.496 e. The van der Waals surface area contributed by atoms with Crippen LogP contribution in [0.1, 0.15) is 19.8 Å². The van der Waals surface area contributed by atoms with Gasteiger partial charge >= 0.3 is 0 Å². The molecule has 0 amide bonds. The number of fused-ring (bicyclic) bond motifs is 1. The van der Waals surface area contributed by atoms with Crippen molar-refractivity contribution < 1.29 is 9.47 Å². The van der Waals surface area contributed by atoms with Gasteiger partial charge in [-0.3, -0.25) is 4.72 Å². The van der Waals surface area contributed by atoms with Crippen molar-refractivity contribution in [2.45, 2.75) is 24.7 Å². The van der Waals surface area contributed by atoms with Crippen LogP contribution in [0.25, 0.3) is 0 Å². The van der Waals surface area contributed by atoms with Crippen LogP contribution >= 0.6 is 27.9 Å². The largest absolute Gasteiger partial charge is 0.496 e. The van der Waals surface area contributed by atoms with Crippen LogP contribution in [0, 0.1) is 0 Å². The molecule has 1 aliphatic heterocycles. The van der Waals surface area contributed by atoms with Gasteiger partial charge in [-0.05, 0) is 59.8 Å². The van der Waals surface area contributed by atoms with E-state index in [0.717, 1.165) is 29.9 Å². The standard InChI is InChI=1S/C10H13BrN2OS.C4H6.C3H8O/c1-13-4-3-12-15-10-6-9(14-2)7(11)5-8(10)13;1-2-4-3-1;1-3-4-2/h5-6,12H,3-4H2,1-2H3;1-2H,3-4H2;3H2,1-2H3. The molecule has 0 aromatic heterocycles. The van der Waals surface area contributed by atoms with E-state index < -0.39 is 0 Å². The number of nitrogens with one attached hydrogen (secondary N) is 1. The highest BCUT2D eigenvalue weighted by Crippen LogP contribution is 2.38. The highest BCUT2D eigenvalue weighted by molar-refractivity contribution is 9.10. The van der Waals surface area contributed by atoms with Crippen molar-refractivity contribution in [3.8, 4) is 5.75 Å². The topological polar surface area (TPSA) is 33.7 Å². The fourth-order valence-corrected chi connectivity index (χ4v) is 3.02. The molecule has 0 atom stereocenters. The van der Waals surface area contributed by atoms with E-state index in [9.17, 15) is 0 Å². The quantitative estimate of drug-likeness (QED) is 0.581. The van der Waals surface area contributed by atoms with Crippen LogP contribution in [0.4, 0.5) is 5.69 Å². The van der Waals surface area contributed by atoms with Gasteiger partial charge in [0, 0.05) is 38.7 Å². The van der Waals surface area contributed by atoms with Crippen molar-refractivity contribution in [1.82, 2.24) is 4.72 Å². The SMILES string of the molecule is C1=CCC1.CCOC.COc1cc2c(cc1Br)N(C)CCNS2. The molecule has 1 aromatic rings. The van der Waals surface area contributed by atoms with Gasteiger partial charge < -0.3 is 14.4 Å². The normalized spacial score (nSPS) is 15.1. The summed E-state index contributed by atoms with van der Waals surface area (Å²) in [6, 6.07) is 4.16. The molecule has 0 radical (unpaired) electrons. The first-order valence-electron chi connectivity index (χ1n) is 7.76. The second-order valence-corrected chi connectivity index (χ2v) is 6.79. The minimum absolute atomic E-state index is 0.819. The number of halogens is 1. The molecule has 23 heavy (non-hydrogen) atoms. The molecular weight excluding hydrogens is 376 g/mol. The Kier molecular flexibility index (Phi) is 10.4. The Balaban J connectivity index is 0.000000272. The van der Waals surface area contributed by atoms with E-state index in [4.69, 9.17) is 4.74 Å². The van der Waals surface area contributed by atoms with Crippen molar-refractivity contribution >= 4 is 33.6 Å². The summed E-state index contributed by atoms with van der Waals surface area (Å²) in [7, 11) is 5.47. The van der Waals surface area contributed by atoms with Crippen LogP contribution < -0.4 is 14.4 Å².